The highest BCUT2D eigenvalue weighted by atomic mass is 19.1. The molecular formula is C11H16FNO. The predicted molar refractivity (Wildman–Crippen MR) is 55.0 cm³/mol. The van der Waals surface area contributed by atoms with E-state index in [1.165, 1.54) is 13.8 Å². The predicted octanol–water partition coefficient (Wildman–Crippen LogP) is 2.32. The van der Waals surface area contributed by atoms with Gasteiger partial charge in [-0.15, -0.1) is 0 Å². The molecule has 1 aromatic rings. The van der Waals surface area contributed by atoms with E-state index in [4.69, 9.17) is 0 Å². The van der Waals surface area contributed by atoms with Gasteiger partial charge in [0.1, 0.15) is 11.4 Å². The molecule has 2 N–H and O–H groups in total. The van der Waals surface area contributed by atoms with Gasteiger partial charge < -0.3 is 10.4 Å². The zero-order valence-corrected chi connectivity index (χ0v) is 8.76. The number of aromatic hydroxyl groups is 1. The molecule has 0 atom stereocenters. The molecule has 0 aliphatic rings. The molecule has 0 aliphatic heterocycles. The standard InChI is InChI=1S/C11H16FNO/c1-11(2,12)9-6-4-5-8(7-13-3)10(9)14/h4-6,13-14H,7H2,1-3H3. The fraction of sp³-hybridized carbons (Fsp3) is 0.455. The molecule has 0 aromatic heterocycles. The van der Waals surface area contributed by atoms with Crippen LogP contribution in [0.4, 0.5) is 4.39 Å². The Hall–Kier alpha value is -1.09. The lowest BCUT2D eigenvalue weighted by atomic mass is 9.96. The second kappa shape index (κ2) is 3.96. The second-order valence-corrected chi connectivity index (χ2v) is 3.82. The van der Waals surface area contributed by atoms with Crippen LogP contribution in [0.1, 0.15) is 25.0 Å². The summed E-state index contributed by atoms with van der Waals surface area (Å²) in [4.78, 5) is 0. The number of para-hydroxylation sites is 1. The van der Waals surface area contributed by atoms with Gasteiger partial charge in [0.05, 0.1) is 0 Å². The maximum absolute atomic E-state index is 13.6. The van der Waals surface area contributed by atoms with Crippen LogP contribution < -0.4 is 5.32 Å². The molecule has 14 heavy (non-hydrogen) atoms. The van der Waals surface area contributed by atoms with Crippen molar-refractivity contribution in [3.63, 3.8) is 0 Å². The van der Waals surface area contributed by atoms with E-state index in [1.807, 2.05) is 0 Å². The lowest BCUT2D eigenvalue weighted by Crippen LogP contribution is -2.12. The van der Waals surface area contributed by atoms with Crippen LogP contribution in [0, 0.1) is 0 Å². The monoisotopic (exact) mass is 197 g/mol. The van der Waals surface area contributed by atoms with Crippen molar-refractivity contribution >= 4 is 0 Å². The number of benzene rings is 1. The number of rotatable bonds is 3. The van der Waals surface area contributed by atoms with Gasteiger partial charge in [0, 0.05) is 17.7 Å². The highest BCUT2D eigenvalue weighted by molar-refractivity contribution is 5.43. The summed E-state index contributed by atoms with van der Waals surface area (Å²) in [6.45, 7) is 3.41. The van der Waals surface area contributed by atoms with Crippen LogP contribution in [0.3, 0.4) is 0 Å². The Labute approximate surface area is 83.8 Å². The number of hydrogen-bond acceptors (Lipinski definition) is 2. The average molecular weight is 197 g/mol. The number of nitrogens with one attached hydrogen (secondary N) is 1. The van der Waals surface area contributed by atoms with E-state index in [-0.39, 0.29) is 5.75 Å². The van der Waals surface area contributed by atoms with Crippen LogP contribution in [-0.2, 0) is 12.2 Å². The first-order chi connectivity index (χ1) is 6.46. The molecule has 0 fully saturated rings. The zero-order valence-electron chi connectivity index (χ0n) is 8.76. The van der Waals surface area contributed by atoms with Crippen molar-refractivity contribution in [2.45, 2.75) is 26.1 Å². The Bertz CT molecular complexity index is 318. The first-order valence-corrected chi connectivity index (χ1v) is 4.61. The largest absolute Gasteiger partial charge is 0.507 e. The topological polar surface area (TPSA) is 32.3 Å². The van der Waals surface area contributed by atoms with Crippen LogP contribution in [-0.4, -0.2) is 12.2 Å². The summed E-state index contributed by atoms with van der Waals surface area (Å²) in [5, 5.41) is 12.7. The zero-order chi connectivity index (χ0) is 10.8. The van der Waals surface area contributed by atoms with Crippen molar-refractivity contribution in [3.8, 4) is 5.75 Å². The number of phenolic OH excluding ortho intramolecular Hbond substituents is 1. The van der Waals surface area contributed by atoms with Crippen LogP contribution in [0.15, 0.2) is 18.2 Å². The third-order valence-electron chi connectivity index (χ3n) is 2.13. The van der Waals surface area contributed by atoms with Crippen LogP contribution in [0.2, 0.25) is 0 Å². The summed E-state index contributed by atoms with van der Waals surface area (Å²) >= 11 is 0. The van der Waals surface area contributed by atoms with Gasteiger partial charge in [-0.2, -0.15) is 0 Å². The summed E-state index contributed by atoms with van der Waals surface area (Å²) in [7, 11) is 1.78. The van der Waals surface area contributed by atoms with Gasteiger partial charge >= 0.3 is 0 Å². The maximum Gasteiger partial charge on any atom is 0.134 e. The lowest BCUT2D eigenvalue weighted by molar-refractivity contribution is 0.214. The molecule has 0 saturated heterocycles. The maximum atomic E-state index is 13.6. The molecule has 3 heteroatoms. The minimum Gasteiger partial charge on any atom is -0.507 e. The van der Waals surface area contributed by atoms with Crippen molar-refractivity contribution in [1.82, 2.24) is 5.32 Å². The molecule has 0 bridgehead atoms. The van der Waals surface area contributed by atoms with Gasteiger partial charge in [-0.3, -0.25) is 0 Å². The highest BCUT2D eigenvalue weighted by Crippen LogP contribution is 2.34. The van der Waals surface area contributed by atoms with E-state index >= 15 is 0 Å². The highest BCUT2D eigenvalue weighted by Gasteiger charge is 2.23. The molecule has 0 amide bonds. The molecule has 1 aromatic carbocycles. The molecular weight excluding hydrogens is 181 g/mol. The van der Waals surface area contributed by atoms with Gasteiger partial charge in [0.15, 0.2) is 0 Å². The normalized spacial score (nSPS) is 11.7. The minimum atomic E-state index is -1.51. The Morgan fingerprint density at radius 3 is 2.57 bits per heavy atom. The van der Waals surface area contributed by atoms with E-state index in [2.05, 4.69) is 5.32 Å². The second-order valence-electron chi connectivity index (χ2n) is 3.82. The molecule has 78 valence electrons. The SMILES string of the molecule is CNCc1cccc(C(C)(C)F)c1O. The first-order valence-electron chi connectivity index (χ1n) is 4.61. The Balaban J connectivity index is 3.14. The van der Waals surface area contributed by atoms with E-state index in [9.17, 15) is 9.50 Å². The van der Waals surface area contributed by atoms with Gasteiger partial charge in [-0.25, -0.2) is 4.39 Å². The Kier molecular flexibility index (Phi) is 3.11. The number of hydrogen-bond donors (Lipinski definition) is 2. The van der Waals surface area contributed by atoms with Crippen molar-refractivity contribution in [1.29, 1.82) is 0 Å². The van der Waals surface area contributed by atoms with Crippen LogP contribution in [0.25, 0.3) is 0 Å². The molecule has 0 aliphatic carbocycles. The first kappa shape index (κ1) is 11.0. The van der Waals surface area contributed by atoms with E-state index in [1.54, 1.807) is 25.2 Å². The van der Waals surface area contributed by atoms with Crippen molar-refractivity contribution < 1.29 is 9.50 Å². The summed E-state index contributed by atoms with van der Waals surface area (Å²) in [5.41, 5.74) is -0.450. The van der Waals surface area contributed by atoms with Crippen molar-refractivity contribution in [3.05, 3.63) is 29.3 Å². The Morgan fingerprint density at radius 1 is 1.43 bits per heavy atom. The third-order valence-corrected chi connectivity index (χ3v) is 2.13. The molecule has 0 spiro atoms. The molecule has 0 radical (unpaired) electrons. The smallest absolute Gasteiger partial charge is 0.134 e. The molecule has 0 saturated carbocycles. The van der Waals surface area contributed by atoms with Gasteiger partial charge in [-0.05, 0) is 20.9 Å². The van der Waals surface area contributed by atoms with E-state index < -0.39 is 5.67 Å². The number of halogens is 1. The third kappa shape index (κ3) is 2.23. The fourth-order valence-electron chi connectivity index (χ4n) is 1.40. The van der Waals surface area contributed by atoms with Gasteiger partial charge in [0.2, 0.25) is 0 Å². The van der Waals surface area contributed by atoms with Gasteiger partial charge in [0.25, 0.3) is 0 Å². The summed E-state index contributed by atoms with van der Waals surface area (Å²) in [5.74, 6) is 0.0503. The Morgan fingerprint density at radius 2 is 2.07 bits per heavy atom. The summed E-state index contributed by atoms with van der Waals surface area (Å²) < 4.78 is 13.6. The van der Waals surface area contributed by atoms with E-state index in [0.717, 1.165) is 5.56 Å². The van der Waals surface area contributed by atoms with Gasteiger partial charge in [-0.1, -0.05) is 18.2 Å². The molecule has 2 nitrogen and oxygen atoms in total. The van der Waals surface area contributed by atoms with Crippen LogP contribution >= 0.6 is 0 Å². The molecule has 0 heterocycles. The molecule has 0 unspecified atom stereocenters. The van der Waals surface area contributed by atoms with Crippen LogP contribution in [0.5, 0.6) is 5.75 Å². The number of phenols is 1. The average Bonchev–Trinajstić information content (AvgIpc) is 2.07. The molecule has 1 rings (SSSR count). The lowest BCUT2D eigenvalue weighted by Gasteiger charge is -2.18. The summed E-state index contributed by atoms with van der Waals surface area (Å²) in [6, 6.07) is 5.14. The quantitative estimate of drug-likeness (QED) is 0.779. The minimum absolute atomic E-state index is 0.0503. The van der Waals surface area contributed by atoms with Crippen molar-refractivity contribution in [2.24, 2.45) is 0 Å². The fourth-order valence-corrected chi connectivity index (χ4v) is 1.40. The number of alkyl halides is 1. The van der Waals surface area contributed by atoms with Crippen molar-refractivity contribution in [2.75, 3.05) is 7.05 Å². The van der Waals surface area contributed by atoms with E-state index in [0.29, 0.717) is 12.1 Å². The summed E-state index contributed by atoms with van der Waals surface area (Å²) in [6.07, 6.45) is 0.